The summed E-state index contributed by atoms with van der Waals surface area (Å²) in [6.45, 7) is 0. The molecule has 0 fully saturated rings. The van der Waals surface area contributed by atoms with Gasteiger partial charge in [0.2, 0.25) is 0 Å². The van der Waals surface area contributed by atoms with Crippen molar-refractivity contribution in [2.24, 2.45) is 0 Å². The summed E-state index contributed by atoms with van der Waals surface area (Å²) in [6.07, 6.45) is 0. The van der Waals surface area contributed by atoms with Gasteiger partial charge >= 0.3 is 5.97 Å². The van der Waals surface area contributed by atoms with Crippen molar-refractivity contribution in [1.29, 1.82) is 0 Å². The molecule has 0 spiro atoms. The molecule has 0 heterocycles. The fourth-order valence-corrected chi connectivity index (χ4v) is 1.15. The second-order valence-corrected chi connectivity index (χ2v) is 2.79. The van der Waals surface area contributed by atoms with Gasteiger partial charge in [-0.1, -0.05) is 11.6 Å². The first kappa shape index (κ1) is 9.67. The fraction of sp³-hybridized carbons (Fsp3) is 0.125. The maximum Gasteiger partial charge on any atom is 0.337 e. The number of ether oxygens (including phenoxy) is 1. The molecule has 5 heteroatoms. The number of nitrogens with two attached hydrogens (primary N) is 1. The summed E-state index contributed by atoms with van der Waals surface area (Å²) >= 11 is 5.70. The number of benzene rings is 1. The number of carboxylic acids is 1. The highest BCUT2D eigenvalue weighted by Crippen LogP contribution is 2.29. The number of carboxylic acid groups (broad SMARTS) is 1. The maximum absolute atomic E-state index is 10.6. The zero-order valence-corrected chi connectivity index (χ0v) is 7.63. The van der Waals surface area contributed by atoms with Crippen molar-refractivity contribution < 1.29 is 14.6 Å². The number of rotatable bonds is 2. The van der Waals surface area contributed by atoms with E-state index in [4.69, 9.17) is 27.2 Å². The minimum atomic E-state index is -1.11. The van der Waals surface area contributed by atoms with E-state index in [1.807, 2.05) is 0 Å². The largest absolute Gasteiger partial charge is 0.495 e. The van der Waals surface area contributed by atoms with E-state index in [0.29, 0.717) is 5.75 Å². The molecule has 3 N–H and O–H groups in total. The van der Waals surface area contributed by atoms with Crippen molar-refractivity contribution in [3.05, 3.63) is 22.7 Å². The van der Waals surface area contributed by atoms with E-state index in [2.05, 4.69) is 0 Å². The Morgan fingerprint density at radius 2 is 2.23 bits per heavy atom. The van der Waals surface area contributed by atoms with Gasteiger partial charge < -0.3 is 15.6 Å². The van der Waals surface area contributed by atoms with Crippen LogP contribution in [0.15, 0.2) is 12.1 Å². The average Bonchev–Trinajstić information content (AvgIpc) is 2.07. The van der Waals surface area contributed by atoms with Crippen LogP contribution in [-0.2, 0) is 0 Å². The van der Waals surface area contributed by atoms with Crippen molar-refractivity contribution in [2.75, 3.05) is 12.8 Å². The standard InChI is InChI=1S/C8H8ClNO3/c1-13-7-3-6(10)4(8(11)12)2-5(7)9/h2-3H,10H2,1H3,(H,11,12). The van der Waals surface area contributed by atoms with E-state index in [0.717, 1.165) is 0 Å². The third-order valence-electron chi connectivity index (χ3n) is 1.55. The first-order chi connectivity index (χ1) is 6.06. The van der Waals surface area contributed by atoms with E-state index < -0.39 is 5.97 Å². The Kier molecular flexibility index (Phi) is 2.63. The summed E-state index contributed by atoms with van der Waals surface area (Å²) in [5.41, 5.74) is 5.56. The topological polar surface area (TPSA) is 72.5 Å². The molecule has 0 saturated carbocycles. The van der Waals surface area contributed by atoms with Crippen molar-refractivity contribution in [1.82, 2.24) is 0 Å². The van der Waals surface area contributed by atoms with Gasteiger partial charge in [-0.3, -0.25) is 0 Å². The van der Waals surface area contributed by atoms with Gasteiger partial charge in [0.05, 0.1) is 17.7 Å². The molecule has 1 rings (SSSR count). The zero-order chi connectivity index (χ0) is 10.0. The lowest BCUT2D eigenvalue weighted by Gasteiger charge is -2.06. The van der Waals surface area contributed by atoms with Gasteiger partial charge in [-0.05, 0) is 6.07 Å². The molecular formula is C8H8ClNO3. The van der Waals surface area contributed by atoms with Crippen LogP contribution in [-0.4, -0.2) is 18.2 Å². The second kappa shape index (κ2) is 3.53. The quantitative estimate of drug-likeness (QED) is 0.714. The van der Waals surface area contributed by atoms with Crippen LogP contribution in [0.25, 0.3) is 0 Å². The summed E-state index contributed by atoms with van der Waals surface area (Å²) in [5.74, 6) is -0.744. The minimum Gasteiger partial charge on any atom is -0.495 e. The molecule has 0 amide bonds. The molecule has 0 radical (unpaired) electrons. The zero-order valence-electron chi connectivity index (χ0n) is 6.87. The Hall–Kier alpha value is -1.42. The molecule has 1 aromatic carbocycles. The van der Waals surface area contributed by atoms with Gasteiger partial charge in [0.15, 0.2) is 0 Å². The Morgan fingerprint density at radius 1 is 1.62 bits per heavy atom. The van der Waals surface area contributed by atoms with Gasteiger partial charge in [0.1, 0.15) is 5.75 Å². The molecule has 0 saturated heterocycles. The summed E-state index contributed by atoms with van der Waals surface area (Å²) < 4.78 is 4.86. The molecule has 13 heavy (non-hydrogen) atoms. The monoisotopic (exact) mass is 201 g/mol. The first-order valence-electron chi connectivity index (χ1n) is 3.42. The van der Waals surface area contributed by atoms with Crippen LogP contribution in [0.4, 0.5) is 5.69 Å². The lowest BCUT2D eigenvalue weighted by atomic mass is 10.2. The highest BCUT2D eigenvalue weighted by atomic mass is 35.5. The molecule has 70 valence electrons. The number of hydrogen-bond acceptors (Lipinski definition) is 3. The van der Waals surface area contributed by atoms with E-state index >= 15 is 0 Å². The Morgan fingerprint density at radius 3 is 2.69 bits per heavy atom. The van der Waals surface area contributed by atoms with Crippen LogP contribution in [0, 0.1) is 0 Å². The van der Waals surface area contributed by atoms with Gasteiger partial charge in [-0.25, -0.2) is 4.79 Å². The van der Waals surface area contributed by atoms with E-state index in [9.17, 15) is 4.79 Å². The van der Waals surface area contributed by atoms with Crippen LogP contribution in [0.2, 0.25) is 5.02 Å². The highest BCUT2D eigenvalue weighted by molar-refractivity contribution is 6.32. The van der Waals surface area contributed by atoms with Crippen molar-refractivity contribution >= 4 is 23.3 Å². The maximum atomic E-state index is 10.6. The SMILES string of the molecule is COc1cc(N)c(C(=O)O)cc1Cl. The minimum absolute atomic E-state index is 0.0224. The van der Waals surface area contributed by atoms with Gasteiger partial charge in [-0.2, -0.15) is 0 Å². The summed E-state index contributed by atoms with van der Waals surface area (Å²) in [6, 6.07) is 2.64. The molecule has 0 aromatic heterocycles. The fourth-order valence-electron chi connectivity index (χ4n) is 0.911. The number of halogens is 1. The molecule has 0 atom stereocenters. The Bertz CT molecular complexity index is 351. The Labute approximate surface area is 79.9 Å². The number of nitrogen functional groups attached to an aromatic ring is 1. The van der Waals surface area contributed by atoms with Crippen LogP contribution in [0.5, 0.6) is 5.75 Å². The predicted molar refractivity (Wildman–Crippen MR) is 49.4 cm³/mol. The lowest BCUT2D eigenvalue weighted by molar-refractivity contribution is 0.0698. The first-order valence-corrected chi connectivity index (χ1v) is 3.80. The van der Waals surface area contributed by atoms with Gasteiger partial charge in [-0.15, -0.1) is 0 Å². The lowest BCUT2D eigenvalue weighted by Crippen LogP contribution is -2.02. The Balaban J connectivity index is 3.28. The normalized spacial score (nSPS) is 9.69. The summed E-state index contributed by atoms with van der Waals surface area (Å²) in [7, 11) is 1.43. The molecule has 0 unspecified atom stereocenters. The molecule has 0 aliphatic carbocycles. The smallest absolute Gasteiger partial charge is 0.337 e. The molecule has 0 aliphatic rings. The summed E-state index contributed by atoms with van der Waals surface area (Å²) in [5, 5.41) is 8.90. The number of anilines is 1. The van der Waals surface area contributed by atoms with E-state index in [-0.39, 0.29) is 16.3 Å². The highest BCUT2D eigenvalue weighted by Gasteiger charge is 2.11. The van der Waals surface area contributed by atoms with Crippen LogP contribution >= 0.6 is 11.6 Å². The van der Waals surface area contributed by atoms with Crippen LogP contribution < -0.4 is 10.5 Å². The van der Waals surface area contributed by atoms with E-state index in [1.165, 1.54) is 19.2 Å². The van der Waals surface area contributed by atoms with Crippen molar-refractivity contribution in [3.63, 3.8) is 0 Å². The third kappa shape index (κ3) is 1.84. The summed E-state index contributed by atoms with van der Waals surface area (Å²) in [4.78, 5) is 10.6. The molecule has 0 bridgehead atoms. The second-order valence-electron chi connectivity index (χ2n) is 2.38. The average molecular weight is 202 g/mol. The van der Waals surface area contributed by atoms with E-state index in [1.54, 1.807) is 0 Å². The molecule has 4 nitrogen and oxygen atoms in total. The van der Waals surface area contributed by atoms with Crippen molar-refractivity contribution in [3.8, 4) is 5.75 Å². The number of aromatic carboxylic acids is 1. The van der Waals surface area contributed by atoms with Crippen LogP contribution in [0.1, 0.15) is 10.4 Å². The predicted octanol–water partition coefficient (Wildman–Crippen LogP) is 1.63. The number of hydrogen-bond donors (Lipinski definition) is 2. The van der Waals surface area contributed by atoms with Crippen LogP contribution in [0.3, 0.4) is 0 Å². The number of methoxy groups -OCH3 is 1. The van der Waals surface area contributed by atoms with Gasteiger partial charge in [0, 0.05) is 11.8 Å². The molecule has 1 aromatic rings. The molecular weight excluding hydrogens is 194 g/mol. The van der Waals surface area contributed by atoms with Gasteiger partial charge in [0.25, 0.3) is 0 Å². The molecule has 0 aliphatic heterocycles. The third-order valence-corrected chi connectivity index (χ3v) is 1.85. The number of carbonyl (C=O) groups is 1. The van der Waals surface area contributed by atoms with Crippen molar-refractivity contribution in [2.45, 2.75) is 0 Å².